The van der Waals surface area contributed by atoms with Crippen molar-refractivity contribution in [3.8, 4) is 0 Å². The van der Waals surface area contributed by atoms with Gasteiger partial charge < -0.3 is 15.2 Å². The predicted molar refractivity (Wildman–Crippen MR) is 53.6 cm³/mol. The van der Waals surface area contributed by atoms with Crippen LogP contribution in [0, 0.1) is 5.92 Å². The third-order valence-corrected chi connectivity index (χ3v) is 2.21. The molecule has 0 aliphatic heterocycles. The van der Waals surface area contributed by atoms with Crippen molar-refractivity contribution in [3.05, 3.63) is 0 Å². The Bertz CT molecular complexity index is 170. The van der Waals surface area contributed by atoms with Crippen LogP contribution in [-0.2, 0) is 9.59 Å². The monoisotopic (exact) mass is 457 g/mol. The summed E-state index contributed by atoms with van der Waals surface area (Å²) in [7, 11) is 0. The van der Waals surface area contributed by atoms with Crippen LogP contribution in [0.4, 0.5) is 0 Å². The van der Waals surface area contributed by atoms with Gasteiger partial charge in [-0.3, -0.25) is 4.79 Å². The van der Waals surface area contributed by atoms with Crippen molar-refractivity contribution in [2.45, 2.75) is 39.0 Å². The Hall–Kier alpha value is -2.06. The zero-order valence-corrected chi connectivity index (χ0v) is 11.3. The molecule has 0 heterocycles. The first-order valence-electron chi connectivity index (χ1n) is 4.98. The minimum absolute atomic E-state index is 0. The van der Waals surface area contributed by atoms with Crippen LogP contribution in [0.2, 0.25) is 0 Å². The molecule has 5 heteroatoms. The van der Waals surface area contributed by atoms with E-state index < -0.39 is 5.97 Å². The Morgan fingerprint density at radius 3 is 2.13 bits per heavy atom. The van der Waals surface area contributed by atoms with Gasteiger partial charge in [-0.15, -0.1) is 0 Å². The maximum Gasteiger partial charge on any atom is 0.320 e. The molecule has 1 amide bonds. The van der Waals surface area contributed by atoms with Crippen molar-refractivity contribution in [2.24, 2.45) is 5.92 Å². The third kappa shape index (κ3) is 11.9. The molecule has 15 heavy (non-hydrogen) atoms. The molecule has 0 atom stereocenters. The molecule has 0 aromatic carbocycles. The van der Waals surface area contributed by atoms with Gasteiger partial charge in [0.15, 0.2) is 0 Å². The van der Waals surface area contributed by atoms with Gasteiger partial charge in [0.1, 0.15) is 0 Å². The summed E-state index contributed by atoms with van der Waals surface area (Å²) in [6.07, 6.45) is 8.66. The van der Waals surface area contributed by atoms with Gasteiger partial charge >= 0.3 is 5.97 Å². The quantitative estimate of drug-likeness (QED) is 0.497. The Kier molecular flexibility index (Phi) is 10.3. The average Bonchev–Trinajstić information content (AvgIpc) is 2.17. The van der Waals surface area contributed by atoms with E-state index in [4.69, 9.17) is 5.11 Å². The van der Waals surface area contributed by atoms with E-state index in [9.17, 15) is 9.59 Å². The molecule has 1 aliphatic rings. The van der Waals surface area contributed by atoms with Gasteiger partial charge in [0.05, 0.1) is 6.54 Å². The number of hydrogen-bond donors (Lipinski definition) is 2. The van der Waals surface area contributed by atoms with Gasteiger partial charge in [0.2, 0.25) is 0 Å². The van der Waals surface area contributed by atoms with E-state index in [2.05, 4.69) is 6.92 Å². The average molecular weight is 457 g/mol. The summed E-state index contributed by atoms with van der Waals surface area (Å²) in [6.45, 7) is 2.00. The Labute approximate surface area is 84.7 Å². The first-order chi connectivity index (χ1) is 6.66. The summed E-state index contributed by atoms with van der Waals surface area (Å²) in [5, 5.41) is 9.65. The predicted octanol–water partition coefficient (Wildman–Crippen LogP) is 1.31. The molecule has 1 rings (SSSR count). The van der Waals surface area contributed by atoms with Gasteiger partial charge in [-0.25, -0.2) is 0 Å². The van der Waals surface area contributed by atoms with Crippen LogP contribution in [-0.4, -0.2) is 24.0 Å². The van der Waals surface area contributed by atoms with Crippen LogP contribution in [0.5, 0.6) is 0 Å². The van der Waals surface area contributed by atoms with E-state index in [0.717, 1.165) is 5.92 Å². The van der Waals surface area contributed by atoms with Crippen molar-refractivity contribution in [1.82, 2.24) is 5.32 Å². The maximum atomic E-state index is 9.52. The second kappa shape index (κ2) is 10.0. The van der Waals surface area contributed by atoms with E-state index >= 15 is 0 Å². The van der Waals surface area contributed by atoms with E-state index in [1.54, 1.807) is 0 Å². The molecule has 1 saturated carbocycles. The molecular weight excluding hydrogens is 439 g/mol. The Morgan fingerprint density at radius 1 is 1.40 bits per heavy atom. The van der Waals surface area contributed by atoms with Gasteiger partial charge in [0.25, 0.3) is 0 Å². The normalized spacial score (nSPS) is 15.3. The number of rotatable bonds is 3. The van der Waals surface area contributed by atoms with Crippen LogP contribution >= 0.6 is 0 Å². The van der Waals surface area contributed by atoms with E-state index in [0.29, 0.717) is 0 Å². The number of amides is 1. The molecule has 2 N–H and O–H groups in total. The molecule has 0 saturated heterocycles. The fourth-order valence-electron chi connectivity index (χ4n) is 1.42. The van der Waals surface area contributed by atoms with Crippen molar-refractivity contribution in [2.75, 3.05) is 6.54 Å². The number of hydrogen-bond acceptors (Lipinski definition) is 2. The molecule has 0 aromatic heterocycles. The van der Waals surface area contributed by atoms with Crippen molar-refractivity contribution >= 4 is 12.4 Å². The zero-order valence-electron chi connectivity index (χ0n) is 8.87. The summed E-state index contributed by atoms with van der Waals surface area (Å²) >= 11 is 0. The number of carbonyl (C=O) groups is 1. The summed E-state index contributed by atoms with van der Waals surface area (Å²) in [6, 6.07) is 0. The number of carboxylic acid groups (broad SMARTS) is 1. The van der Waals surface area contributed by atoms with E-state index in [1.165, 1.54) is 38.5 Å². The molecule has 0 unspecified atom stereocenters. The SMILES string of the molecule is CC1CCCCC1.O=[C-]NCC(=O)O.[Fm]. The Balaban J connectivity index is 0. The third-order valence-electron chi connectivity index (χ3n) is 2.21. The minimum Gasteiger partial charge on any atom is -0.521 e. The van der Waals surface area contributed by atoms with E-state index in [1.807, 2.05) is 5.32 Å². The molecule has 4 nitrogen and oxygen atoms in total. The minimum atomic E-state index is -1.07. The summed E-state index contributed by atoms with van der Waals surface area (Å²) in [5.74, 6) is -0.0305. The molecule has 94 valence electrons. The molecule has 1 fully saturated rings. The molecular formula is C10H18FmNO3-. The van der Waals surface area contributed by atoms with Crippen LogP contribution in [0.25, 0.3) is 0 Å². The zero-order chi connectivity index (χ0) is 10.8. The standard InChI is InChI=1S/C7H14.C3H4NO3.Fm/c1-7-5-3-2-4-6-7;5-2-4-1-3(6)7;/h7H,2-6H2,1H3;1H2,(H,4,5)(H,6,7);/q;-1;. The van der Waals surface area contributed by atoms with Crippen LogP contribution in [0.3, 0.4) is 0 Å². The van der Waals surface area contributed by atoms with Crippen molar-refractivity contribution in [1.29, 1.82) is 0 Å². The fourth-order valence-corrected chi connectivity index (χ4v) is 1.42. The van der Waals surface area contributed by atoms with Crippen LogP contribution < -0.4 is 5.32 Å². The molecule has 0 aromatic rings. The van der Waals surface area contributed by atoms with Gasteiger partial charge in [0, 0.05) is 0 Å². The second-order valence-corrected chi connectivity index (χ2v) is 3.59. The van der Waals surface area contributed by atoms with Crippen molar-refractivity contribution < 1.29 is 14.7 Å². The first kappa shape index (κ1) is 15.4. The maximum absolute atomic E-state index is 9.52. The number of carboxylic acids is 1. The van der Waals surface area contributed by atoms with Gasteiger partial charge in [-0.05, 0) is 5.92 Å². The summed E-state index contributed by atoms with van der Waals surface area (Å²) in [4.78, 5) is 18.7. The molecule has 0 spiro atoms. The Morgan fingerprint density at radius 2 is 1.93 bits per heavy atom. The van der Waals surface area contributed by atoms with E-state index in [-0.39, 0.29) is 6.54 Å². The second-order valence-electron chi connectivity index (χ2n) is 3.59. The topological polar surface area (TPSA) is 66.4 Å². The van der Waals surface area contributed by atoms with Crippen molar-refractivity contribution in [3.63, 3.8) is 0 Å². The number of carbonyl (C=O) groups excluding carboxylic acids is 1. The number of nitrogens with one attached hydrogen (secondary N) is 1. The van der Waals surface area contributed by atoms with Crippen LogP contribution in [0.15, 0.2) is 0 Å². The number of aliphatic carboxylic acids is 1. The first-order valence-corrected chi connectivity index (χ1v) is 4.98. The van der Waals surface area contributed by atoms with Gasteiger partial charge in [-0.2, -0.15) is 6.41 Å². The van der Waals surface area contributed by atoms with Gasteiger partial charge in [-0.1, -0.05) is 39.0 Å². The fraction of sp³-hybridized carbons (Fsp3) is 0.800. The molecule has 0 bridgehead atoms. The smallest absolute Gasteiger partial charge is 0.320 e. The van der Waals surface area contributed by atoms with Crippen LogP contribution in [0.1, 0.15) is 39.0 Å². The summed E-state index contributed by atoms with van der Waals surface area (Å²) in [5.41, 5.74) is 0. The molecule has 0 radical (unpaired) electrons. The summed E-state index contributed by atoms with van der Waals surface area (Å²) < 4.78 is 0. The largest absolute Gasteiger partial charge is 0.521 e. The molecule has 1 aliphatic carbocycles.